The number of aromatic nitrogens is 5. The summed E-state index contributed by atoms with van der Waals surface area (Å²) >= 11 is 0. The lowest BCUT2D eigenvalue weighted by Crippen LogP contribution is -2.39. The van der Waals surface area contributed by atoms with Crippen LogP contribution in [-0.2, 0) is 0 Å². The van der Waals surface area contributed by atoms with E-state index in [1.54, 1.807) is 24.7 Å². The number of hydrogen-bond acceptors (Lipinski definition) is 8. The second kappa shape index (κ2) is 8.87. The van der Waals surface area contributed by atoms with E-state index >= 15 is 0 Å². The monoisotopic (exact) mass is 439 g/mol. The molecule has 1 saturated carbocycles. The topological polar surface area (TPSA) is 150 Å². The summed E-state index contributed by atoms with van der Waals surface area (Å²) in [6, 6.07) is 2.49. The van der Waals surface area contributed by atoms with Crippen LogP contribution in [0.4, 0.5) is 21.7 Å². The third-order valence-corrected chi connectivity index (χ3v) is 5.44. The minimum absolute atomic E-state index is 0.00878. The van der Waals surface area contributed by atoms with Gasteiger partial charge in [-0.15, -0.1) is 4.80 Å². The maximum Gasteiger partial charge on any atom is 0.252 e. The molecule has 0 spiro atoms. The summed E-state index contributed by atoms with van der Waals surface area (Å²) in [5.41, 5.74) is 13.4. The van der Waals surface area contributed by atoms with Crippen molar-refractivity contribution in [1.82, 2.24) is 25.0 Å². The number of amides is 1. The van der Waals surface area contributed by atoms with Crippen LogP contribution in [0.1, 0.15) is 42.2 Å². The highest BCUT2D eigenvalue weighted by molar-refractivity contribution is 5.98. The van der Waals surface area contributed by atoms with Gasteiger partial charge in [-0.25, -0.2) is 9.37 Å². The summed E-state index contributed by atoms with van der Waals surface area (Å²) in [5.74, 6) is -0.761. The van der Waals surface area contributed by atoms with Crippen molar-refractivity contribution in [1.29, 1.82) is 0 Å². The Morgan fingerprint density at radius 2 is 2.00 bits per heavy atom. The number of primary amides is 1. The molecule has 0 aromatic carbocycles. The predicted octanol–water partition coefficient (Wildman–Crippen LogP) is 2.28. The number of aryl methyl sites for hydroxylation is 1. The average Bonchev–Trinajstić information content (AvgIpc) is 3.40. The average molecular weight is 439 g/mol. The number of nitrogens with two attached hydrogens (primary N) is 2. The first-order valence-corrected chi connectivity index (χ1v) is 10.4. The number of rotatable bonds is 9. The van der Waals surface area contributed by atoms with Crippen LogP contribution in [0.2, 0.25) is 0 Å². The minimum atomic E-state index is -0.804. The molecule has 1 aliphatic carbocycles. The van der Waals surface area contributed by atoms with Gasteiger partial charge >= 0.3 is 0 Å². The first kappa shape index (κ1) is 21.6. The molecule has 0 saturated heterocycles. The van der Waals surface area contributed by atoms with Crippen LogP contribution in [-0.4, -0.2) is 43.0 Å². The van der Waals surface area contributed by atoms with Gasteiger partial charge in [0.25, 0.3) is 5.91 Å². The van der Waals surface area contributed by atoms with Gasteiger partial charge in [-0.2, -0.15) is 10.2 Å². The Bertz CT molecular complexity index is 1110. The van der Waals surface area contributed by atoms with Crippen LogP contribution in [0.15, 0.2) is 30.7 Å². The quantitative estimate of drug-likeness (QED) is 0.397. The van der Waals surface area contributed by atoms with Crippen molar-refractivity contribution in [2.24, 2.45) is 17.4 Å². The number of carbonyl (C=O) groups is 1. The van der Waals surface area contributed by atoms with Crippen molar-refractivity contribution < 1.29 is 9.18 Å². The molecule has 0 bridgehead atoms. The summed E-state index contributed by atoms with van der Waals surface area (Å²) in [6.07, 6.45) is 7.83. The highest BCUT2D eigenvalue weighted by Gasteiger charge is 2.28. The lowest BCUT2D eigenvalue weighted by atomic mass is 10.0. The molecule has 1 fully saturated rings. The molecule has 168 valence electrons. The smallest absolute Gasteiger partial charge is 0.252 e. The molecule has 6 N–H and O–H groups in total. The zero-order valence-electron chi connectivity index (χ0n) is 17.9. The molecule has 3 aromatic heterocycles. The van der Waals surface area contributed by atoms with Gasteiger partial charge in [0.2, 0.25) is 0 Å². The molecule has 0 radical (unpaired) electrons. The number of anilines is 3. The van der Waals surface area contributed by atoms with Crippen molar-refractivity contribution in [3.05, 3.63) is 47.8 Å². The van der Waals surface area contributed by atoms with Crippen LogP contribution >= 0.6 is 0 Å². The third-order valence-electron chi connectivity index (χ3n) is 5.44. The highest BCUT2D eigenvalue weighted by Crippen LogP contribution is 2.35. The normalized spacial score (nSPS) is 15.2. The lowest BCUT2D eigenvalue weighted by Gasteiger charge is -2.24. The van der Waals surface area contributed by atoms with Crippen molar-refractivity contribution in [3.8, 4) is 5.69 Å². The molecule has 2 unspecified atom stereocenters. The zero-order valence-corrected chi connectivity index (χ0v) is 17.9. The van der Waals surface area contributed by atoms with Crippen LogP contribution < -0.4 is 22.1 Å². The first-order chi connectivity index (χ1) is 15.3. The number of hydrogen-bond donors (Lipinski definition) is 4. The van der Waals surface area contributed by atoms with Gasteiger partial charge in [0.15, 0.2) is 11.6 Å². The lowest BCUT2D eigenvalue weighted by molar-refractivity contribution is 0.100. The molecule has 10 nitrogen and oxygen atoms in total. The van der Waals surface area contributed by atoms with E-state index in [1.165, 1.54) is 4.80 Å². The highest BCUT2D eigenvalue weighted by atomic mass is 19.1. The minimum Gasteiger partial charge on any atom is -0.365 e. The van der Waals surface area contributed by atoms with E-state index < -0.39 is 11.7 Å². The van der Waals surface area contributed by atoms with Crippen molar-refractivity contribution in [2.45, 2.75) is 45.2 Å². The molecule has 3 aromatic rings. The molecule has 2 atom stereocenters. The number of nitrogens with zero attached hydrogens (tertiary/aromatic N) is 5. The molecular formula is C21H26FN9O. The molecule has 11 heteroatoms. The van der Waals surface area contributed by atoms with Crippen molar-refractivity contribution in [2.75, 3.05) is 10.6 Å². The molecule has 3 heterocycles. The Balaban J connectivity index is 1.66. The van der Waals surface area contributed by atoms with Gasteiger partial charge in [-0.05, 0) is 38.3 Å². The van der Waals surface area contributed by atoms with Crippen LogP contribution in [0.5, 0.6) is 0 Å². The maximum atomic E-state index is 14.8. The standard InChI is InChI=1S/C21H26FN9O/c1-11(23)17(7-13-3-4-13)29-21-16(22)9-15(19(24)32)20(30-21)28-14-8-18(12(2)25-10-14)31-26-5-6-27-31/h5-6,8-11,13,17H,3-4,7,23H2,1-2H3,(H2,24,32)(H2,28,29,30). The van der Waals surface area contributed by atoms with E-state index in [0.717, 1.165) is 25.3 Å². The van der Waals surface area contributed by atoms with E-state index in [1.807, 2.05) is 13.8 Å². The van der Waals surface area contributed by atoms with Crippen LogP contribution in [0.25, 0.3) is 5.69 Å². The Kier molecular flexibility index (Phi) is 5.99. The Hall–Kier alpha value is -3.60. The predicted molar refractivity (Wildman–Crippen MR) is 118 cm³/mol. The summed E-state index contributed by atoms with van der Waals surface area (Å²) in [7, 11) is 0. The van der Waals surface area contributed by atoms with E-state index in [-0.39, 0.29) is 29.3 Å². The summed E-state index contributed by atoms with van der Waals surface area (Å²) in [5, 5.41) is 14.4. The van der Waals surface area contributed by atoms with E-state index in [9.17, 15) is 9.18 Å². The van der Waals surface area contributed by atoms with Crippen molar-refractivity contribution >= 4 is 23.2 Å². The van der Waals surface area contributed by atoms with E-state index in [0.29, 0.717) is 23.0 Å². The van der Waals surface area contributed by atoms with Crippen molar-refractivity contribution in [3.63, 3.8) is 0 Å². The fourth-order valence-electron chi connectivity index (χ4n) is 3.44. The molecule has 0 aliphatic heterocycles. The van der Waals surface area contributed by atoms with Crippen LogP contribution in [0.3, 0.4) is 0 Å². The Morgan fingerprint density at radius 1 is 1.28 bits per heavy atom. The SMILES string of the molecule is Cc1ncc(Nc2nc(NC(CC3CC3)C(C)N)c(F)cc2C(N)=O)cc1-n1nccn1. The number of nitrogens with one attached hydrogen (secondary N) is 2. The van der Waals surface area contributed by atoms with E-state index in [2.05, 4.69) is 30.8 Å². The fourth-order valence-corrected chi connectivity index (χ4v) is 3.44. The summed E-state index contributed by atoms with van der Waals surface area (Å²) in [6.45, 7) is 3.70. The maximum absolute atomic E-state index is 14.8. The second-order valence-electron chi connectivity index (χ2n) is 8.14. The van der Waals surface area contributed by atoms with Gasteiger partial charge in [0, 0.05) is 12.1 Å². The number of halogens is 1. The van der Waals surface area contributed by atoms with Gasteiger partial charge in [0.1, 0.15) is 11.5 Å². The Labute approximate surface area is 184 Å². The van der Waals surface area contributed by atoms with Crippen LogP contribution in [0, 0.1) is 18.7 Å². The summed E-state index contributed by atoms with van der Waals surface area (Å²) < 4.78 is 14.8. The number of pyridine rings is 2. The van der Waals surface area contributed by atoms with E-state index in [4.69, 9.17) is 11.5 Å². The number of carbonyl (C=O) groups excluding carboxylic acids is 1. The molecule has 4 rings (SSSR count). The molecule has 32 heavy (non-hydrogen) atoms. The van der Waals surface area contributed by atoms with Gasteiger partial charge < -0.3 is 22.1 Å². The molecule has 1 amide bonds. The largest absolute Gasteiger partial charge is 0.365 e. The molecular weight excluding hydrogens is 413 g/mol. The summed E-state index contributed by atoms with van der Waals surface area (Å²) in [4.78, 5) is 22.1. The Morgan fingerprint density at radius 3 is 2.62 bits per heavy atom. The second-order valence-corrected chi connectivity index (χ2v) is 8.14. The molecule has 1 aliphatic rings. The third kappa shape index (κ3) is 4.83. The van der Waals surface area contributed by atoms with Gasteiger partial charge in [0.05, 0.1) is 35.5 Å². The fraction of sp³-hybridized carbons (Fsp3) is 0.381. The van der Waals surface area contributed by atoms with Gasteiger partial charge in [-0.1, -0.05) is 12.8 Å². The zero-order chi connectivity index (χ0) is 22.8. The van der Waals surface area contributed by atoms with Gasteiger partial charge in [-0.3, -0.25) is 9.78 Å². The first-order valence-electron chi connectivity index (χ1n) is 10.4.